The molecule has 4 nitrogen and oxygen atoms in total. The van der Waals surface area contributed by atoms with Crippen molar-refractivity contribution in [2.45, 2.75) is 58.1 Å². The Labute approximate surface area is 140 Å². The molecule has 23 heavy (non-hydrogen) atoms. The predicted octanol–water partition coefficient (Wildman–Crippen LogP) is 2.96. The van der Waals surface area contributed by atoms with E-state index < -0.39 is 6.10 Å². The largest absolute Gasteiger partial charge is 0.481 e. The molecule has 1 heterocycles. The van der Waals surface area contributed by atoms with Crippen molar-refractivity contribution < 1.29 is 9.53 Å². The third kappa shape index (κ3) is 4.71. The monoisotopic (exact) mass is 318 g/mol. The van der Waals surface area contributed by atoms with Crippen molar-refractivity contribution in [1.29, 1.82) is 0 Å². The fraction of sp³-hybridized carbons (Fsp3) is 0.632. The van der Waals surface area contributed by atoms with Crippen molar-refractivity contribution in [3.8, 4) is 5.75 Å². The second kappa shape index (κ2) is 7.35. The Morgan fingerprint density at radius 2 is 1.96 bits per heavy atom. The van der Waals surface area contributed by atoms with Crippen LogP contribution in [0.4, 0.5) is 0 Å². The number of likely N-dealkylation sites (N-methyl/N-ethyl adjacent to an activating group) is 1. The second-order valence-electron chi connectivity index (χ2n) is 7.47. The number of nitrogens with one attached hydrogen (secondary N) is 1. The highest BCUT2D eigenvalue weighted by atomic mass is 16.5. The average molecular weight is 318 g/mol. The average Bonchev–Trinajstić information content (AvgIpc) is 2.53. The van der Waals surface area contributed by atoms with Gasteiger partial charge in [0, 0.05) is 13.1 Å². The van der Waals surface area contributed by atoms with E-state index in [1.54, 1.807) is 0 Å². The molecule has 0 aromatic heterocycles. The van der Waals surface area contributed by atoms with Gasteiger partial charge in [-0.3, -0.25) is 4.79 Å². The molecule has 1 aliphatic heterocycles. The summed E-state index contributed by atoms with van der Waals surface area (Å²) in [6, 6.07) is 8.36. The molecule has 0 spiro atoms. The van der Waals surface area contributed by atoms with Crippen molar-refractivity contribution in [1.82, 2.24) is 10.2 Å². The minimum atomic E-state index is -0.467. The highest BCUT2D eigenvalue weighted by Crippen LogP contribution is 2.26. The molecule has 1 N–H and O–H groups in total. The lowest BCUT2D eigenvalue weighted by Gasteiger charge is -2.33. The summed E-state index contributed by atoms with van der Waals surface area (Å²) in [5, 5.41) is 3.33. The van der Waals surface area contributed by atoms with E-state index >= 15 is 0 Å². The summed E-state index contributed by atoms with van der Waals surface area (Å²) < 4.78 is 5.92. The second-order valence-corrected chi connectivity index (χ2v) is 7.47. The molecule has 1 aromatic rings. The van der Waals surface area contributed by atoms with Gasteiger partial charge < -0.3 is 15.0 Å². The lowest BCUT2D eigenvalue weighted by molar-refractivity contribution is -0.139. The first kappa shape index (κ1) is 17.8. The van der Waals surface area contributed by atoms with E-state index in [9.17, 15) is 4.79 Å². The van der Waals surface area contributed by atoms with Crippen molar-refractivity contribution in [3.63, 3.8) is 0 Å². The van der Waals surface area contributed by atoms with Gasteiger partial charge in [0.15, 0.2) is 6.10 Å². The standard InChI is InChI=1S/C19H30N2O2/c1-14(18(22)21(5)16-9-11-20-12-10-16)23-17-8-6-7-15(13-17)19(2,3)4/h6-8,13-14,16,20H,9-12H2,1-5H3. The third-order valence-corrected chi connectivity index (χ3v) is 4.56. The number of carbonyl (C=O) groups excluding carboxylic acids is 1. The lowest BCUT2D eigenvalue weighted by atomic mass is 9.87. The van der Waals surface area contributed by atoms with Gasteiger partial charge in [-0.15, -0.1) is 0 Å². The van der Waals surface area contributed by atoms with Gasteiger partial charge >= 0.3 is 0 Å². The summed E-state index contributed by atoms with van der Waals surface area (Å²) in [6.07, 6.45) is 1.55. The van der Waals surface area contributed by atoms with Crippen LogP contribution < -0.4 is 10.1 Å². The molecule has 4 heteroatoms. The van der Waals surface area contributed by atoms with Crippen molar-refractivity contribution in [2.24, 2.45) is 0 Å². The summed E-state index contributed by atoms with van der Waals surface area (Å²) in [5.41, 5.74) is 1.28. The maximum Gasteiger partial charge on any atom is 0.263 e. The Bertz CT molecular complexity index is 530. The fourth-order valence-electron chi connectivity index (χ4n) is 2.95. The molecule has 1 unspecified atom stereocenters. The molecule has 1 aromatic carbocycles. The zero-order valence-corrected chi connectivity index (χ0v) is 15.1. The topological polar surface area (TPSA) is 41.6 Å². The van der Waals surface area contributed by atoms with Crippen LogP contribution in [0.1, 0.15) is 46.1 Å². The van der Waals surface area contributed by atoms with Crippen LogP contribution in [-0.4, -0.2) is 43.1 Å². The maximum absolute atomic E-state index is 12.6. The van der Waals surface area contributed by atoms with Gasteiger partial charge in [-0.2, -0.15) is 0 Å². The first-order valence-electron chi connectivity index (χ1n) is 8.53. The number of ether oxygens (including phenoxy) is 1. The first-order valence-corrected chi connectivity index (χ1v) is 8.53. The van der Waals surface area contributed by atoms with Crippen LogP contribution in [0, 0.1) is 0 Å². The van der Waals surface area contributed by atoms with Gasteiger partial charge in [0.25, 0.3) is 5.91 Å². The minimum absolute atomic E-state index is 0.0538. The third-order valence-electron chi connectivity index (χ3n) is 4.56. The zero-order valence-electron chi connectivity index (χ0n) is 15.1. The number of carbonyl (C=O) groups is 1. The highest BCUT2D eigenvalue weighted by Gasteiger charge is 2.26. The quantitative estimate of drug-likeness (QED) is 0.928. The van der Waals surface area contributed by atoms with Gasteiger partial charge in [-0.05, 0) is 56.0 Å². The van der Waals surface area contributed by atoms with Gasteiger partial charge in [0.05, 0.1) is 0 Å². The van der Waals surface area contributed by atoms with E-state index in [-0.39, 0.29) is 11.3 Å². The van der Waals surface area contributed by atoms with E-state index in [0.29, 0.717) is 6.04 Å². The Hall–Kier alpha value is -1.55. The van der Waals surface area contributed by atoms with Gasteiger partial charge in [0.2, 0.25) is 0 Å². The summed E-state index contributed by atoms with van der Waals surface area (Å²) >= 11 is 0. The molecule has 1 saturated heterocycles. The van der Waals surface area contributed by atoms with Crippen LogP contribution in [0.5, 0.6) is 5.75 Å². The molecule has 0 saturated carbocycles. The Balaban J connectivity index is 2.00. The highest BCUT2D eigenvalue weighted by molar-refractivity contribution is 5.81. The maximum atomic E-state index is 12.6. The lowest BCUT2D eigenvalue weighted by Crippen LogP contribution is -2.48. The van der Waals surface area contributed by atoms with E-state index in [1.807, 2.05) is 37.1 Å². The van der Waals surface area contributed by atoms with Gasteiger partial charge in [-0.1, -0.05) is 32.9 Å². The number of hydrogen-bond donors (Lipinski definition) is 1. The number of hydrogen-bond acceptors (Lipinski definition) is 3. The molecule has 0 bridgehead atoms. The first-order chi connectivity index (χ1) is 10.8. The summed E-state index contributed by atoms with van der Waals surface area (Å²) in [7, 11) is 1.89. The molecule has 1 fully saturated rings. The number of benzene rings is 1. The zero-order chi connectivity index (χ0) is 17.0. The van der Waals surface area contributed by atoms with Crippen molar-refractivity contribution in [2.75, 3.05) is 20.1 Å². The number of nitrogens with zero attached hydrogens (tertiary/aromatic N) is 1. The Kier molecular flexibility index (Phi) is 5.69. The molecular formula is C19H30N2O2. The normalized spacial score (nSPS) is 17.6. The molecular weight excluding hydrogens is 288 g/mol. The molecule has 1 amide bonds. The number of rotatable bonds is 4. The summed E-state index contributed by atoms with van der Waals surface area (Å²) in [4.78, 5) is 14.5. The fourth-order valence-corrected chi connectivity index (χ4v) is 2.95. The SMILES string of the molecule is CC(Oc1cccc(C(C)(C)C)c1)C(=O)N(C)C1CCNCC1. The Morgan fingerprint density at radius 3 is 2.57 bits per heavy atom. The summed E-state index contributed by atoms with van der Waals surface area (Å²) in [6.45, 7) is 10.3. The summed E-state index contributed by atoms with van der Waals surface area (Å²) in [5.74, 6) is 0.815. The van der Waals surface area contributed by atoms with Crippen LogP contribution in [0.2, 0.25) is 0 Å². The molecule has 1 aliphatic rings. The molecule has 1 atom stereocenters. The molecule has 128 valence electrons. The number of piperidine rings is 1. The van der Waals surface area contributed by atoms with E-state index in [2.05, 4.69) is 32.2 Å². The van der Waals surface area contributed by atoms with Crippen LogP contribution in [0.25, 0.3) is 0 Å². The Morgan fingerprint density at radius 1 is 1.30 bits per heavy atom. The van der Waals surface area contributed by atoms with Gasteiger partial charge in [0.1, 0.15) is 5.75 Å². The minimum Gasteiger partial charge on any atom is -0.481 e. The van der Waals surface area contributed by atoms with Crippen LogP contribution in [0.3, 0.4) is 0 Å². The van der Waals surface area contributed by atoms with Crippen molar-refractivity contribution >= 4 is 5.91 Å². The van der Waals surface area contributed by atoms with Crippen LogP contribution in [0.15, 0.2) is 24.3 Å². The predicted molar refractivity (Wildman–Crippen MR) is 93.9 cm³/mol. The van der Waals surface area contributed by atoms with E-state index in [1.165, 1.54) is 5.56 Å². The molecule has 0 aliphatic carbocycles. The molecule has 2 rings (SSSR count). The van der Waals surface area contributed by atoms with E-state index in [0.717, 1.165) is 31.7 Å². The van der Waals surface area contributed by atoms with E-state index in [4.69, 9.17) is 4.74 Å². The van der Waals surface area contributed by atoms with Gasteiger partial charge in [-0.25, -0.2) is 0 Å². The molecule has 0 radical (unpaired) electrons. The smallest absolute Gasteiger partial charge is 0.263 e. The van der Waals surface area contributed by atoms with Crippen molar-refractivity contribution in [3.05, 3.63) is 29.8 Å². The number of amides is 1. The van der Waals surface area contributed by atoms with Crippen LogP contribution in [-0.2, 0) is 10.2 Å². The van der Waals surface area contributed by atoms with Crippen LogP contribution >= 0.6 is 0 Å².